The van der Waals surface area contributed by atoms with Gasteiger partial charge in [0.15, 0.2) is 0 Å². The molecule has 2 fully saturated rings. The normalized spacial score (nSPS) is 27.7. The zero-order chi connectivity index (χ0) is 12.8. The van der Waals surface area contributed by atoms with Crippen LogP contribution >= 0.6 is 0 Å². The van der Waals surface area contributed by atoms with E-state index >= 15 is 0 Å². The quantitative estimate of drug-likeness (QED) is 0.854. The molecule has 1 nitrogen and oxygen atoms in total. The summed E-state index contributed by atoms with van der Waals surface area (Å²) in [7, 11) is 0. The van der Waals surface area contributed by atoms with Gasteiger partial charge in [-0.15, -0.1) is 0 Å². The van der Waals surface area contributed by atoms with Gasteiger partial charge in [0.05, 0.1) is 0 Å². The van der Waals surface area contributed by atoms with Gasteiger partial charge in [-0.25, -0.2) is 0 Å². The molecule has 0 spiro atoms. The van der Waals surface area contributed by atoms with Gasteiger partial charge in [0, 0.05) is 5.54 Å². The molecule has 2 aliphatic rings. The molecule has 1 N–H and O–H groups in total. The van der Waals surface area contributed by atoms with E-state index in [0.717, 1.165) is 5.92 Å². The fraction of sp³-hybridized carbons (Fsp3) is 0.647. The number of hydrogen-bond donors (Lipinski definition) is 1. The van der Waals surface area contributed by atoms with E-state index in [-0.39, 0.29) is 0 Å². The van der Waals surface area contributed by atoms with Crippen molar-refractivity contribution in [3.05, 3.63) is 34.4 Å². The Hall–Kier alpha value is -0.820. The highest BCUT2D eigenvalue weighted by molar-refractivity contribution is 5.39. The van der Waals surface area contributed by atoms with Crippen LogP contribution in [0.1, 0.15) is 47.9 Å². The molecule has 1 saturated carbocycles. The Morgan fingerprint density at radius 2 is 1.83 bits per heavy atom. The van der Waals surface area contributed by atoms with Gasteiger partial charge in [-0.3, -0.25) is 0 Å². The highest BCUT2D eigenvalue weighted by atomic mass is 15.0. The maximum Gasteiger partial charge on any atom is 0.0250 e. The highest BCUT2D eigenvalue weighted by Gasteiger charge is 2.46. The van der Waals surface area contributed by atoms with Gasteiger partial charge in [0.25, 0.3) is 0 Å². The molecule has 0 radical (unpaired) electrons. The molecule has 1 heterocycles. The summed E-state index contributed by atoms with van der Waals surface area (Å²) < 4.78 is 0. The van der Waals surface area contributed by atoms with Crippen molar-refractivity contribution in [1.29, 1.82) is 0 Å². The van der Waals surface area contributed by atoms with Crippen molar-refractivity contribution < 1.29 is 0 Å². The van der Waals surface area contributed by atoms with Crippen molar-refractivity contribution in [2.75, 3.05) is 6.54 Å². The van der Waals surface area contributed by atoms with Gasteiger partial charge in [-0.2, -0.15) is 0 Å². The Morgan fingerprint density at radius 3 is 2.33 bits per heavy atom. The fourth-order valence-electron chi connectivity index (χ4n) is 3.91. The monoisotopic (exact) mass is 243 g/mol. The largest absolute Gasteiger partial charge is 0.311 e. The number of hydrogen-bond acceptors (Lipinski definition) is 1. The molecule has 1 aliphatic heterocycles. The molecular weight excluding hydrogens is 218 g/mol. The van der Waals surface area contributed by atoms with Gasteiger partial charge in [-0.05, 0) is 82.0 Å². The van der Waals surface area contributed by atoms with Crippen LogP contribution in [0.4, 0.5) is 0 Å². The van der Waals surface area contributed by atoms with E-state index in [1.807, 2.05) is 0 Å². The maximum atomic E-state index is 3.85. The van der Waals surface area contributed by atoms with Gasteiger partial charge < -0.3 is 5.32 Å². The molecule has 1 aliphatic carbocycles. The lowest BCUT2D eigenvalue weighted by molar-refractivity contribution is 0.322. The van der Waals surface area contributed by atoms with E-state index in [4.69, 9.17) is 0 Å². The summed E-state index contributed by atoms with van der Waals surface area (Å²) in [6, 6.07) is 4.69. The van der Waals surface area contributed by atoms with Gasteiger partial charge in [-0.1, -0.05) is 17.7 Å². The molecule has 1 unspecified atom stereocenters. The molecule has 3 rings (SSSR count). The van der Waals surface area contributed by atoms with E-state index in [9.17, 15) is 0 Å². The zero-order valence-electron chi connectivity index (χ0n) is 12.0. The Kier molecular flexibility index (Phi) is 2.97. The van der Waals surface area contributed by atoms with Crippen LogP contribution in [0.2, 0.25) is 0 Å². The Balaban J connectivity index is 1.91. The maximum absolute atomic E-state index is 3.85. The first kappa shape index (κ1) is 12.2. The molecule has 98 valence electrons. The third kappa shape index (κ3) is 2.09. The molecule has 1 aromatic rings. The number of rotatable bonds is 3. The van der Waals surface area contributed by atoms with Gasteiger partial charge >= 0.3 is 0 Å². The van der Waals surface area contributed by atoms with E-state index in [1.54, 1.807) is 5.56 Å². The van der Waals surface area contributed by atoms with Crippen molar-refractivity contribution in [3.63, 3.8) is 0 Å². The molecule has 1 aromatic carbocycles. The summed E-state index contributed by atoms with van der Waals surface area (Å²) in [5, 5.41) is 3.85. The van der Waals surface area contributed by atoms with Crippen LogP contribution in [0.25, 0.3) is 0 Å². The Bertz CT molecular complexity index is 428. The smallest absolute Gasteiger partial charge is 0.0250 e. The molecule has 0 bridgehead atoms. The number of benzene rings is 1. The molecular formula is C17H25N. The summed E-state index contributed by atoms with van der Waals surface area (Å²) in [6.45, 7) is 7.99. The van der Waals surface area contributed by atoms with Gasteiger partial charge in [0.2, 0.25) is 0 Å². The van der Waals surface area contributed by atoms with Crippen molar-refractivity contribution >= 4 is 0 Å². The topological polar surface area (TPSA) is 12.0 Å². The molecule has 1 heteroatoms. The SMILES string of the molecule is Cc1cc(C)c(CC2(C3CC3)CCCN2)c(C)c1. The van der Waals surface area contributed by atoms with Crippen LogP contribution in [0.5, 0.6) is 0 Å². The molecule has 1 atom stereocenters. The van der Waals surface area contributed by atoms with E-state index in [2.05, 4.69) is 38.2 Å². The van der Waals surface area contributed by atoms with Crippen LogP contribution in [0, 0.1) is 26.7 Å². The fourth-order valence-corrected chi connectivity index (χ4v) is 3.91. The summed E-state index contributed by atoms with van der Waals surface area (Å²) in [6.07, 6.45) is 6.87. The van der Waals surface area contributed by atoms with E-state index in [0.29, 0.717) is 5.54 Å². The second-order valence-corrected chi connectivity index (χ2v) is 6.51. The van der Waals surface area contributed by atoms with Crippen molar-refractivity contribution in [3.8, 4) is 0 Å². The summed E-state index contributed by atoms with van der Waals surface area (Å²) in [5.74, 6) is 0.945. The van der Waals surface area contributed by atoms with Crippen molar-refractivity contribution in [2.45, 2.75) is 58.4 Å². The minimum Gasteiger partial charge on any atom is -0.311 e. The highest BCUT2D eigenvalue weighted by Crippen LogP contribution is 2.46. The number of aryl methyl sites for hydroxylation is 3. The van der Waals surface area contributed by atoms with Crippen LogP contribution in [-0.4, -0.2) is 12.1 Å². The summed E-state index contributed by atoms with van der Waals surface area (Å²) >= 11 is 0. The van der Waals surface area contributed by atoms with Crippen LogP contribution in [0.15, 0.2) is 12.1 Å². The average molecular weight is 243 g/mol. The van der Waals surface area contributed by atoms with Crippen LogP contribution in [0.3, 0.4) is 0 Å². The third-order valence-corrected chi connectivity index (χ3v) is 4.97. The summed E-state index contributed by atoms with van der Waals surface area (Å²) in [4.78, 5) is 0. The Labute approximate surface area is 111 Å². The first-order chi connectivity index (χ1) is 8.61. The lowest BCUT2D eigenvalue weighted by Crippen LogP contribution is -2.44. The molecule has 0 aromatic heterocycles. The lowest BCUT2D eigenvalue weighted by Gasteiger charge is -2.31. The van der Waals surface area contributed by atoms with Crippen LogP contribution < -0.4 is 5.32 Å². The summed E-state index contributed by atoms with van der Waals surface area (Å²) in [5.41, 5.74) is 6.41. The van der Waals surface area contributed by atoms with Gasteiger partial charge in [0.1, 0.15) is 0 Å². The minimum atomic E-state index is 0.435. The third-order valence-electron chi connectivity index (χ3n) is 4.97. The lowest BCUT2D eigenvalue weighted by atomic mass is 9.81. The minimum absolute atomic E-state index is 0.435. The molecule has 18 heavy (non-hydrogen) atoms. The van der Waals surface area contributed by atoms with E-state index in [1.165, 1.54) is 55.3 Å². The van der Waals surface area contributed by atoms with Crippen molar-refractivity contribution in [2.24, 2.45) is 5.92 Å². The Morgan fingerprint density at radius 1 is 1.17 bits per heavy atom. The average Bonchev–Trinajstić information content (AvgIpc) is 3.06. The number of nitrogens with one attached hydrogen (secondary N) is 1. The second kappa shape index (κ2) is 4.38. The first-order valence-corrected chi connectivity index (χ1v) is 7.42. The second-order valence-electron chi connectivity index (χ2n) is 6.51. The first-order valence-electron chi connectivity index (χ1n) is 7.42. The molecule has 1 saturated heterocycles. The van der Waals surface area contributed by atoms with Crippen molar-refractivity contribution in [1.82, 2.24) is 5.32 Å². The van der Waals surface area contributed by atoms with Crippen LogP contribution in [-0.2, 0) is 6.42 Å². The standard InChI is InChI=1S/C17H25N/c1-12-9-13(2)16(14(3)10-12)11-17(15-5-6-15)7-4-8-18-17/h9-10,15,18H,4-8,11H2,1-3H3. The zero-order valence-corrected chi connectivity index (χ0v) is 12.0. The van der Waals surface area contributed by atoms with E-state index < -0.39 is 0 Å². The predicted molar refractivity (Wildman–Crippen MR) is 77.0 cm³/mol. The molecule has 0 amide bonds. The predicted octanol–water partition coefficient (Wildman–Crippen LogP) is 3.69.